The zero-order chi connectivity index (χ0) is 51.8. The summed E-state index contributed by atoms with van der Waals surface area (Å²) in [7, 11) is 5.59. The molecule has 3 aromatic heterocycles. The van der Waals surface area contributed by atoms with E-state index in [0.29, 0.717) is 61.5 Å². The van der Waals surface area contributed by atoms with Crippen LogP contribution in [0.3, 0.4) is 0 Å². The van der Waals surface area contributed by atoms with Crippen LogP contribution in [-0.2, 0) is 21.4 Å². The SMILES string of the molecule is C#Cc1c(F)ccc2cc(O)cc(-c3ncc4c(N5CC6CCC(C5)N6)nc(OCC56CCC(COC=O)N5CC(=C)C6)nc4c3F)c12.CNC(=O)N(CCC=O)c1nn(C)c2cc(N3CCN(C)CC3)ccc12. The Bertz CT molecular complexity index is 3200. The number of nitrogens with one attached hydrogen (secondary N) is 2. The highest BCUT2D eigenvalue weighted by atomic mass is 19.1. The second kappa shape index (κ2) is 20.8. The monoisotopic (exact) mass is 1010 g/mol. The van der Waals surface area contributed by atoms with E-state index in [2.05, 4.69) is 77.0 Å². The van der Waals surface area contributed by atoms with Gasteiger partial charge in [0, 0.05) is 119 Å². The van der Waals surface area contributed by atoms with E-state index >= 15 is 4.39 Å². The third-order valence-electron chi connectivity index (χ3n) is 15.3. The summed E-state index contributed by atoms with van der Waals surface area (Å²) >= 11 is 0. The highest BCUT2D eigenvalue weighted by Gasteiger charge is 2.51. The van der Waals surface area contributed by atoms with Gasteiger partial charge in [-0.25, -0.2) is 13.6 Å². The summed E-state index contributed by atoms with van der Waals surface area (Å²) in [5.41, 5.74) is 2.78. The molecule has 0 radical (unpaired) electrons. The van der Waals surface area contributed by atoms with Crippen molar-refractivity contribution >= 4 is 68.7 Å². The van der Waals surface area contributed by atoms with Gasteiger partial charge in [0.15, 0.2) is 11.6 Å². The fraction of sp³-hybridized carbons (Fsp3) is 0.426. The maximum atomic E-state index is 16.9. The number of fused-ring (bicyclic) bond motifs is 6. The number of anilines is 3. The number of aromatic hydroxyl groups is 1. The van der Waals surface area contributed by atoms with Crippen LogP contribution in [0, 0.1) is 24.0 Å². The van der Waals surface area contributed by atoms with Gasteiger partial charge in [-0.05, 0) is 80.9 Å². The number of amides is 2. The molecule has 0 saturated carbocycles. The molecule has 3 aromatic carbocycles. The van der Waals surface area contributed by atoms with Crippen LogP contribution in [0.1, 0.15) is 44.1 Å². The van der Waals surface area contributed by atoms with Crippen LogP contribution in [0.4, 0.5) is 30.9 Å². The van der Waals surface area contributed by atoms with Crippen LogP contribution in [0.2, 0.25) is 0 Å². The Hall–Kier alpha value is -7.47. The van der Waals surface area contributed by atoms with E-state index in [9.17, 15) is 23.9 Å². The van der Waals surface area contributed by atoms with Gasteiger partial charge in [-0.2, -0.15) is 15.1 Å². The Morgan fingerprint density at radius 2 is 1.82 bits per heavy atom. The normalized spacial score (nSPS) is 21.6. The molecule has 11 rings (SSSR count). The topological polar surface area (TPSA) is 187 Å². The molecule has 0 spiro atoms. The number of likely N-dealkylation sites (N-methyl/N-ethyl adjacent to an activating group) is 1. The number of carbonyl (C=O) groups is 3. The first-order chi connectivity index (χ1) is 35.8. The zero-order valence-corrected chi connectivity index (χ0v) is 41.8. The van der Waals surface area contributed by atoms with E-state index < -0.39 is 11.6 Å². The zero-order valence-electron chi connectivity index (χ0n) is 41.8. The highest BCUT2D eigenvalue weighted by Crippen LogP contribution is 2.45. The summed E-state index contributed by atoms with van der Waals surface area (Å²) in [4.78, 5) is 58.6. The minimum atomic E-state index is -0.765. The number of phenolic OH excluding ortho intramolecular Hbond substituents is 1. The molecule has 4 unspecified atom stereocenters. The van der Waals surface area contributed by atoms with E-state index in [1.807, 2.05) is 13.1 Å². The Morgan fingerprint density at radius 1 is 1.04 bits per heavy atom. The van der Waals surface area contributed by atoms with E-state index in [4.69, 9.17) is 20.9 Å². The molecule has 386 valence electrons. The standard InChI is InChI=1S/C36H34F2N6O4.C18H26N6O2/c1-3-26-29(37)7-4-21-10-25(46)11-27(30(21)26)32-31(38)33-28(13-39-32)34(43-15-22-5-6-23(16-43)40-22)42-35(41-33)48-18-36-9-8-24(17-47-19-45)44(36)14-20(2)12-36;1-19-18(26)24(7-4-12-25)17-15-6-5-14(13-16(15)22(3)20-17)23-10-8-21(2)9-11-23/h1,4,7,10-11,13,19,22-24,40,46H,2,5-6,8-9,12,14-18H2;5-6,12-13H,4,7-11H2,1-3H3,(H,19,26). The molecule has 2 bridgehead atoms. The molecule has 4 atom stereocenters. The minimum Gasteiger partial charge on any atom is -0.508 e. The molecule has 20 heteroatoms. The summed E-state index contributed by atoms with van der Waals surface area (Å²) in [6.07, 6.45) is 12.7. The van der Waals surface area contributed by atoms with Crippen molar-refractivity contribution in [3.05, 3.63) is 78.0 Å². The van der Waals surface area contributed by atoms with E-state index in [-0.39, 0.29) is 88.8 Å². The lowest BCUT2D eigenvalue weighted by atomic mass is 9.94. The summed E-state index contributed by atoms with van der Waals surface area (Å²) in [5.74, 6) is 1.93. The number of aldehydes is 1. The molecule has 0 aliphatic carbocycles. The average molecular weight is 1010 g/mol. The van der Waals surface area contributed by atoms with Crippen molar-refractivity contribution in [3.8, 4) is 35.4 Å². The number of hydrogen-bond acceptors (Lipinski definition) is 15. The van der Waals surface area contributed by atoms with Gasteiger partial charge in [0.1, 0.15) is 48.1 Å². The summed E-state index contributed by atoms with van der Waals surface area (Å²) in [5, 5.41) is 23.4. The second-order valence-electron chi connectivity index (χ2n) is 20.0. The van der Waals surface area contributed by atoms with Crippen molar-refractivity contribution < 1.29 is 37.7 Å². The maximum absolute atomic E-state index is 16.9. The second-order valence-corrected chi connectivity index (χ2v) is 20.0. The lowest BCUT2D eigenvalue weighted by molar-refractivity contribution is -0.130. The number of ether oxygens (including phenoxy) is 2. The number of pyridine rings is 1. The molecule has 74 heavy (non-hydrogen) atoms. The molecular weight excluding hydrogens is 951 g/mol. The molecule has 5 fully saturated rings. The first-order valence-corrected chi connectivity index (χ1v) is 25.1. The van der Waals surface area contributed by atoms with Crippen LogP contribution in [-0.4, -0.2) is 162 Å². The van der Waals surface area contributed by atoms with Gasteiger partial charge in [0.05, 0.1) is 22.0 Å². The minimum absolute atomic E-state index is 0.00472. The number of hydrogen-bond donors (Lipinski definition) is 3. The first kappa shape index (κ1) is 50.1. The number of phenols is 1. The predicted octanol–water partition coefficient (Wildman–Crippen LogP) is 5.53. The van der Waals surface area contributed by atoms with Crippen LogP contribution in [0.25, 0.3) is 43.8 Å². The van der Waals surface area contributed by atoms with Crippen molar-refractivity contribution in [3.63, 3.8) is 0 Å². The molecule has 5 aliphatic heterocycles. The van der Waals surface area contributed by atoms with Crippen molar-refractivity contribution in [1.29, 1.82) is 0 Å². The summed E-state index contributed by atoms with van der Waals surface area (Å²) < 4.78 is 45.1. The lowest BCUT2D eigenvalue weighted by Gasteiger charge is -2.35. The smallest absolute Gasteiger partial charge is 0.322 e. The predicted molar refractivity (Wildman–Crippen MR) is 279 cm³/mol. The molecule has 2 amide bonds. The highest BCUT2D eigenvalue weighted by molar-refractivity contribution is 6.04. The number of terminal acetylenes is 1. The van der Waals surface area contributed by atoms with Crippen LogP contribution >= 0.6 is 0 Å². The van der Waals surface area contributed by atoms with Gasteiger partial charge in [-0.1, -0.05) is 24.1 Å². The average Bonchev–Trinajstić information content (AvgIpc) is 4.14. The third-order valence-corrected chi connectivity index (χ3v) is 15.3. The number of halogens is 2. The number of piperazine rings is 2. The molecule has 8 heterocycles. The van der Waals surface area contributed by atoms with Crippen molar-refractivity contribution in [2.24, 2.45) is 7.05 Å². The Morgan fingerprint density at radius 3 is 2.55 bits per heavy atom. The van der Waals surface area contributed by atoms with Crippen LogP contribution in [0.15, 0.2) is 60.8 Å². The quantitative estimate of drug-likeness (QED) is 0.0745. The van der Waals surface area contributed by atoms with Gasteiger partial charge in [-0.15, -0.1) is 6.42 Å². The van der Waals surface area contributed by atoms with E-state index in [1.165, 1.54) is 41.0 Å². The molecule has 5 saturated heterocycles. The Balaban J connectivity index is 0.000000204. The first-order valence-electron chi connectivity index (χ1n) is 25.1. The molecular formula is C54H60F2N12O6. The number of rotatable bonds is 13. The number of benzene rings is 3. The van der Waals surface area contributed by atoms with Crippen molar-refractivity contribution in [2.75, 3.05) is 94.4 Å². The van der Waals surface area contributed by atoms with Crippen molar-refractivity contribution in [1.82, 2.24) is 45.2 Å². The number of aromatic nitrogens is 5. The van der Waals surface area contributed by atoms with Crippen LogP contribution in [0.5, 0.6) is 11.8 Å². The third kappa shape index (κ3) is 9.51. The van der Waals surface area contributed by atoms with Gasteiger partial charge in [0.25, 0.3) is 6.47 Å². The Labute approximate surface area is 427 Å². The van der Waals surface area contributed by atoms with Crippen molar-refractivity contribution in [2.45, 2.75) is 62.2 Å². The van der Waals surface area contributed by atoms with Crippen LogP contribution < -0.4 is 30.1 Å². The van der Waals surface area contributed by atoms with E-state index in [1.54, 1.807) is 11.7 Å². The van der Waals surface area contributed by atoms with Gasteiger partial charge < -0.3 is 44.7 Å². The molecule has 3 N–H and O–H groups in total. The number of aryl methyl sites for hydroxylation is 1. The Kier molecular flexibility index (Phi) is 14.1. The summed E-state index contributed by atoms with van der Waals surface area (Å²) in [6, 6.07) is 12.1. The lowest BCUT2D eigenvalue weighted by Crippen LogP contribution is -2.51. The van der Waals surface area contributed by atoms with Gasteiger partial charge in [-0.3, -0.25) is 24.3 Å². The summed E-state index contributed by atoms with van der Waals surface area (Å²) in [6.45, 7) is 11.6. The number of nitrogens with zero attached hydrogens (tertiary/aromatic N) is 10. The number of urea groups is 1. The largest absolute Gasteiger partial charge is 0.508 e. The maximum Gasteiger partial charge on any atom is 0.322 e. The van der Waals surface area contributed by atoms with Gasteiger partial charge >= 0.3 is 12.0 Å². The number of carbonyl (C=O) groups excluding carboxylic acids is 3. The molecule has 18 nitrogen and oxygen atoms in total. The van der Waals surface area contributed by atoms with E-state index in [0.717, 1.165) is 74.6 Å². The fourth-order valence-electron chi connectivity index (χ4n) is 11.6. The van der Waals surface area contributed by atoms with Gasteiger partial charge in [0.2, 0.25) is 0 Å². The fourth-order valence-corrected chi connectivity index (χ4v) is 11.6. The molecule has 5 aliphatic rings. The molecule has 6 aromatic rings.